The minimum Gasteiger partial charge on any atom is -0.497 e. The summed E-state index contributed by atoms with van der Waals surface area (Å²) in [5, 5.41) is 0. The molecule has 9 nitrogen and oxygen atoms in total. The zero-order valence-electron chi connectivity index (χ0n) is 17.8. The van der Waals surface area contributed by atoms with E-state index in [4.69, 9.17) is 9.15 Å². The molecule has 0 unspecified atom stereocenters. The predicted molar refractivity (Wildman–Crippen MR) is 121 cm³/mol. The Morgan fingerprint density at radius 1 is 1.00 bits per heavy atom. The Labute approximate surface area is 191 Å². The predicted octanol–water partition coefficient (Wildman–Crippen LogP) is 2.17. The van der Waals surface area contributed by atoms with E-state index in [-0.39, 0.29) is 23.8 Å². The van der Waals surface area contributed by atoms with Crippen LogP contribution in [0.1, 0.15) is 16.9 Å². The van der Waals surface area contributed by atoms with Gasteiger partial charge in [-0.15, -0.1) is 0 Å². The maximum absolute atomic E-state index is 12.3. The third kappa shape index (κ3) is 7.34. The lowest BCUT2D eigenvalue weighted by molar-refractivity contribution is -0.126. The van der Waals surface area contributed by atoms with Gasteiger partial charge in [0.2, 0.25) is 15.9 Å². The normalized spacial score (nSPS) is 11.3. The van der Waals surface area contributed by atoms with Gasteiger partial charge in [-0.05, 0) is 53.6 Å². The molecule has 0 aliphatic carbocycles. The highest BCUT2D eigenvalue weighted by Gasteiger charge is 2.14. The molecular formula is C23H23N3O6S. The molecule has 0 spiro atoms. The zero-order chi connectivity index (χ0) is 23.7. The second kappa shape index (κ2) is 11.1. The average Bonchev–Trinajstić information content (AvgIpc) is 3.35. The summed E-state index contributed by atoms with van der Waals surface area (Å²) in [7, 11) is -2.14. The third-order valence-corrected chi connectivity index (χ3v) is 5.90. The van der Waals surface area contributed by atoms with Gasteiger partial charge in [0.1, 0.15) is 11.5 Å². The van der Waals surface area contributed by atoms with Gasteiger partial charge in [0, 0.05) is 6.08 Å². The molecular weight excluding hydrogens is 446 g/mol. The summed E-state index contributed by atoms with van der Waals surface area (Å²) >= 11 is 0. The number of methoxy groups -OCH3 is 1. The molecule has 172 valence electrons. The first kappa shape index (κ1) is 23.8. The molecule has 33 heavy (non-hydrogen) atoms. The van der Waals surface area contributed by atoms with Crippen LogP contribution in [-0.2, 0) is 32.6 Å². The molecule has 3 N–H and O–H groups in total. The number of rotatable bonds is 9. The van der Waals surface area contributed by atoms with Gasteiger partial charge in [-0.25, -0.2) is 13.1 Å². The fraction of sp³-hybridized carbons (Fsp3) is 0.130. The molecule has 0 saturated carbocycles. The number of carbonyl (C=O) groups is 2. The first-order chi connectivity index (χ1) is 15.9. The average molecular weight is 470 g/mol. The largest absolute Gasteiger partial charge is 0.497 e. The van der Waals surface area contributed by atoms with Gasteiger partial charge in [0.05, 0.1) is 31.2 Å². The van der Waals surface area contributed by atoms with E-state index in [9.17, 15) is 18.0 Å². The molecule has 1 heterocycles. The Bertz CT molecular complexity index is 1200. The van der Waals surface area contributed by atoms with Crippen LogP contribution in [0.3, 0.4) is 0 Å². The summed E-state index contributed by atoms with van der Waals surface area (Å²) in [5.41, 5.74) is 6.01. The van der Waals surface area contributed by atoms with Gasteiger partial charge < -0.3 is 9.15 Å². The number of amides is 2. The van der Waals surface area contributed by atoms with E-state index in [2.05, 4.69) is 15.6 Å². The monoisotopic (exact) mass is 469 g/mol. The van der Waals surface area contributed by atoms with E-state index in [0.29, 0.717) is 17.1 Å². The highest BCUT2D eigenvalue weighted by atomic mass is 32.2. The minimum atomic E-state index is -3.70. The van der Waals surface area contributed by atoms with Crippen LogP contribution in [-0.4, -0.2) is 27.3 Å². The lowest BCUT2D eigenvalue weighted by Gasteiger charge is -2.06. The standard InChI is InChI=1S/C23H23N3O6S/c1-31-19-9-4-18(5-10-19)15-23(28)26-25-22(27)13-8-17-6-11-21(12-7-17)33(29,30)24-16-20-3-2-14-32-20/h2-14,24H,15-16H2,1H3,(H,25,27)(H,26,28)/b13-8+. The smallest absolute Gasteiger partial charge is 0.262 e. The molecule has 0 aliphatic heterocycles. The molecule has 3 aromatic rings. The SMILES string of the molecule is COc1ccc(CC(=O)NNC(=O)/C=C/c2ccc(S(=O)(=O)NCc3ccco3)cc2)cc1. The molecule has 2 aromatic carbocycles. The van der Waals surface area contributed by atoms with Crippen molar-refractivity contribution in [3.05, 3.63) is 89.9 Å². The van der Waals surface area contributed by atoms with Crippen LogP contribution in [0.5, 0.6) is 5.75 Å². The van der Waals surface area contributed by atoms with Gasteiger partial charge >= 0.3 is 0 Å². The molecule has 0 aliphatic rings. The summed E-state index contributed by atoms with van der Waals surface area (Å²) in [6.07, 6.45) is 4.29. The van der Waals surface area contributed by atoms with Crippen molar-refractivity contribution in [1.82, 2.24) is 15.6 Å². The van der Waals surface area contributed by atoms with Crippen LogP contribution in [0.25, 0.3) is 6.08 Å². The lowest BCUT2D eigenvalue weighted by Crippen LogP contribution is -2.41. The number of hydrazine groups is 1. The summed E-state index contributed by atoms with van der Waals surface area (Å²) in [6.45, 7) is 0.0430. The van der Waals surface area contributed by atoms with Crippen molar-refractivity contribution >= 4 is 27.9 Å². The van der Waals surface area contributed by atoms with Gasteiger partial charge in [0.25, 0.3) is 5.91 Å². The third-order valence-electron chi connectivity index (χ3n) is 4.48. The van der Waals surface area contributed by atoms with Crippen LogP contribution in [0.2, 0.25) is 0 Å². The maximum Gasteiger partial charge on any atom is 0.262 e. The zero-order valence-corrected chi connectivity index (χ0v) is 18.6. The number of nitrogens with one attached hydrogen (secondary N) is 3. The summed E-state index contributed by atoms with van der Waals surface area (Å²) in [4.78, 5) is 24.0. The van der Waals surface area contributed by atoms with E-state index in [0.717, 1.165) is 5.56 Å². The minimum absolute atomic E-state index is 0.0430. The molecule has 0 radical (unpaired) electrons. The van der Waals surface area contributed by atoms with Crippen molar-refractivity contribution in [2.45, 2.75) is 17.9 Å². The number of ether oxygens (including phenoxy) is 1. The van der Waals surface area contributed by atoms with Crippen LogP contribution in [0, 0.1) is 0 Å². The van der Waals surface area contributed by atoms with Gasteiger partial charge in [-0.1, -0.05) is 24.3 Å². The number of hydrogen-bond acceptors (Lipinski definition) is 6. The van der Waals surface area contributed by atoms with Crippen molar-refractivity contribution in [3.8, 4) is 5.75 Å². The van der Waals surface area contributed by atoms with E-state index >= 15 is 0 Å². The topological polar surface area (TPSA) is 127 Å². The van der Waals surface area contributed by atoms with Crippen LogP contribution in [0.4, 0.5) is 0 Å². The highest BCUT2D eigenvalue weighted by molar-refractivity contribution is 7.89. The van der Waals surface area contributed by atoms with Crippen LogP contribution >= 0.6 is 0 Å². The van der Waals surface area contributed by atoms with Crippen molar-refractivity contribution in [2.75, 3.05) is 7.11 Å². The highest BCUT2D eigenvalue weighted by Crippen LogP contribution is 2.13. The molecule has 0 bridgehead atoms. The number of benzene rings is 2. The van der Waals surface area contributed by atoms with E-state index in [1.165, 1.54) is 30.5 Å². The van der Waals surface area contributed by atoms with E-state index < -0.39 is 15.9 Å². The van der Waals surface area contributed by atoms with Crippen molar-refractivity contribution in [2.24, 2.45) is 0 Å². The molecule has 1 aromatic heterocycles. The fourth-order valence-corrected chi connectivity index (χ4v) is 3.73. The maximum atomic E-state index is 12.3. The summed E-state index contributed by atoms with van der Waals surface area (Å²) in [5.74, 6) is 0.280. The number of carbonyl (C=O) groups excluding carboxylic acids is 2. The van der Waals surface area contributed by atoms with E-state index in [1.807, 2.05) is 0 Å². The molecule has 2 amide bonds. The van der Waals surface area contributed by atoms with Crippen molar-refractivity contribution < 1.29 is 27.2 Å². The van der Waals surface area contributed by atoms with Crippen LogP contribution in [0.15, 0.2) is 82.3 Å². The first-order valence-electron chi connectivity index (χ1n) is 9.88. The van der Waals surface area contributed by atoms with Gasteiger partial charge in [-0.3, -0.25) is 20.4 Å². The Hall–Kier alpha value is -3.89. The summed E-state index contributed by atoms with van der Waals surface area (Å²) in [6, 6.07) is 16.3. The molecule has 0 atom stereocenters. The van der Waals surface area contributed by atoms with Crippen LogP contribution < -0.4 is 20.3 Å². The first-order valence-corrected chi connectivity index (χ1v) is 11.4. The van der Waals surface area contributed by atoms with Crippen molar-refractivity contribution in [3.63, 3.8) is 0 Å². The van der Waals surface area contributed by atoms with Gasteiger partial charge in [-0.2, -0.15) is 0 Å². The summed E-state index contributed by atoms with van der Waals surface area (Å²) < 4.78 is 37.3. The number of hydrogen-bond donors (Lipinski definition) is 3. The number of sulfonamides is 1. The Balaban J connectivity index is 1.46. The van der Waals surface area contributed by atoms with E-state index in [1.54, 1.807) is 55.6 Å². The van der Waals surface area contributed by atoms with Gasteiger partial charge in [0.15, 0.2) is 0 Å². The Morgan fingerprint density at radius 2 is 1.73 bits per heavy atom. The quantitative estimate of drug-likeness (QED) is 0.326. The second-order valence-electron chi connectivity index (χ2n) is 6.87. The lowest BCUT2D eigenvalue weighted by atomic mass is 10.1. The molecule has 0 saturated heterocycles. The second-order valence-corrected chi connectivity index (χ2v) is 8.64. The Morgan fingerprint density at radius 3 is 2.36 bits per heavy atom. The van der Waals surface area contributed by atoms with Crippen molar-refractivity contribution in [1.29, 1.82) is 0 Å². The molecule has 10 heteroatoms. The number of furan rings is 1. The Kier molecular flexibility index (Phi) is 8.01. The fourth-order valence-electron chi connectivity index (χ4n) is 2.74. The molecule has 0 fully saturated rings. The molecule has 3 rings (SSSR count).